The van der Waals surface area contributed by atoms with Crippen molar-refractivity contribution in [3.63, 3.8) is 0 Å². The smallest absolute Gasteiger partial charge is 0.0615 e. The minimum atomic E-state index is 0.204. The minimum absolute atomic E-state index is 0.204. The number of nitrogens with zero attached hydrogens (tertiary/aromatic N) is 1. The third-order valence-corrected chi connectivity index (χ3v) is 4.33. The Morgan fingerprint density at radius 2 is 1.88 bits per heavy atom. The highest BCUT2D eigenvalue weighted by molar-refractivity contribution is 5.02. The first-order valence-electron chi connectivity index (χ1n) is 6.91. The third-order valence-electron chi connectivity index (χ3n) is 4.33. The monoisotopic (exact) mass is 242 g/mol. The number of hydrogen-bond acceptors (Lipinski definition) is 3. The summed E-state index contributed by atoms with van der Waals surface area (Å²) in [5, 5.41) is 3.70. The van der Waals surface area contributed by atoms with Crippen LogP contribution < -0.4 is 5.32 Å². The van der Waals surface area contributed by atoms with E-state index in [0.717, 1.165) is 19.7 Å². The van der Waals surface area contributed by atoms with Crippen LogP contribution in [-0.4, -0.2) is 48.8 Å². The van der Waals surface area contributed by atoms with E-state index in [1.807, 2.05) is 0 Å². The predicted octanol–water partition coefficient (Wildman–Crippen LogP) is 2.26. The SMILES string of the molecule is CCC1(CC)CNC(C)(C)CN1C(C)COC. The topological polar surface area (TPSA) is 24.5 Å². The Morgan fingerprint density at radius 1 is 1.29 bits per heavy atom. The summed E-state index contributed by atoms with van der Waals surface area (Å²) in [5.74, 6) is 0. The molecule has 0 aliphatic carbocycles. The van der Waals surface area contributed by atoms with Gasteiger partial charge in [0, 0.05) is 37.3 Å². The van der Waals surface area contributed by atoms with Crippen molar-refractivity contribution >= 4 is 0 Å². The van der Waals surface area contributed by atoms with Gasteiger partial charge in [-0.25, -0.2) is 0 Å². The number of nitrogens with one attached hydrogen (secondary N) is 1. The molecule has 1 aliphatic heterocycles. The van der Waals surface area contributed by atoms with E-state index in [-0.39, 0.29) is 5.54 Å². The number of rotatable bonds is 5. The molecule has 102 valence electrons. The standard InChI is InChI=1S/C14H30N2O/c1-7-14(8-2)10-15-13(4,5)11-16(14)12(3)9-17-6/h12,15H,7-11H2,1-6H3. The molecule has 0 aromatic heterocycles. The highest BCUT2D eigenvalue weighted by Gasteiger charge is 2.43. The molecule has 17 heavy (non-hydrogen) atoms. The summed E-state index contributed by atoms with van der Waals surface area (Å²) >= 11 is 0. The van der Waals surface area contributed by atoms with Crippen LogP contribution in [0.15, 0.2) is 0 Å². The Kier molecular flexibility index (Phi) is 4.99. The normalized spacial score (nSPS) is 25.8. The van der Waals surface area contributed by atoms with Crippen molar-refractivity contribution in [2.24, 2.45) is 0 Å². The molecular formula is C14H30N2O. The van der Waals surface area contributed by atoms with Crippen LogP contribution in [0.3, 0.4) is 0 Å². The first kappa shape index (κ1) is 14.9. The zero-order valence-electron chi connectivity index (χ0n) is 12.5. The number of hydrogen-bond donors (Lipinski definition) is 1. The van der Waals surface area contributed by atoms with Crippen molar-refractivity contribution < 1.29 is 4.74 Å². The van der Waals surface area contributed by atoms with Gasteiger partial charge in [0.2, 0.25) is 0 Å². The van der Waals surface area contributed by atoms with Gasteiger partial charge >= 0.3 is 0 Å². The third kappa shape index (κ3) is 3.21. The number of piperazine rings is 1. The summed E-state index contributed by atoms with van der Waals surface area (Å²) in [6.07, 6.45) is 2.39. The van der Waals surface area contributed by atoms with Gasteiger partial charge in [-0.1, -0.05) is 13.8 Å². The van der Waals surface area contributed by atoms with Crippen LogP contribution in [0.25, 0.3) is 0 Å². The molecule has 0 amide bonds. The molecule has 0 spiro atoms. The van der Waals surface area contributed by atoms with Gasteiger partial charge in [0.1, 0.15) is 0 Å². The maximum absolute atomic E-state index is 5.35. The second kappa shape index (κ2) is 5.68. The van der Waals surface area contributed by atoms with Gasteiger partial charge < -0.3 is 10.1 Å². The van der Waals surface area contributed by atoms with Gasteiger partial charge in [0.15, 0.2) is 0 Å². The average Bonchev–Trinajstić information content (AvgIpc) is 2.29. The summed E-state index contributed by atoms with van der Waals surface area (Å²) in [5.41, 5.74) is 0.503. The van der Waals surface area contributed by atoms with E-state index in [2.05, 4.69) is 44.8 Å². The van der Waals surface area contributed by atoms with E-state index < -0.39 is 0 Å². The summed E-state index contributed by atoms with van der Waals surface area (Å²) in [7, 11) is 1.80. The van der Waals surface area contributed by atoms with Crippen molar-refractivity contribution in [3.8, 4) is 0 Å². The highest BCUT2D eigenvalue weighted by atomic mass is 16.5. The number of ether oxygens (including phenoxy) is 1. The van der Waals surface area contributed by atoms with Crippen LogP contribution in [-0.2, 0) is 4.74 Å². The van der Waals surface area contributed by atoms with Crippen molar-refractivity contribution in [2.45, 2.75) is 64.6 Å². The number of methoxy groups -OCH3 is 1. The van der Waals surface area contributed by atoms with Gasteiger partial charge in [0.05, 0.1) is 6.61 Å². The molecule has 1 saturated heterocycles. The molecule has 1 rings (SSSR count). The van der Waals surface area contributed by atoms with Crippen LogP contribution in [0, 0.1) is 0 Å². The fourth-order valence-corrected chi connectivity index (χ4v) is 3.02. The lowest BCUT2D eigenvalue weighted by atomic mass is 9.83. The van der Waals surface area contributed by atoms with Crippen molar-refractivity contribution in [2.75, 3.05) is 26.8 Å². The van der Waals surface area contributed by atoms with Crippen LogP contribution in [0.4, 0.5) is 0 Å². The maximum Gasteiger partial charge on any atom is 0.0615 e. The Morgan fingerprint density at radius 3 is 2.35 bits per heavy atom. The predicted molar refractivity (Wildman–Crippen MR) is 73.4 cm³/mol. The van der Waals surface area contributed by atoms with Gasteiger partial charge in [-0.05, 0) is 33.6 Å². The van der Waals surface area contributed by atoms with Gasteiger partial charge in [0.25, 0.3) is 0 Å². The zero-order valence-corrected chi connectivity index (χ0v) is 12.5. The lowest BCUT2D eigenvalue weighted by Crippen LogP contribution is -2.70. The molecule has 0 saturated carbocycles. The van der Waals surface area contributed by atoms with E-state index in [1.165, 1.54) is 12.8 Å². The van der Waals surface area contributed by atoms with Gasteiger partial charge in [-0.2, -0.15) is 0 Å². The minimum Gasteiger partial charge on any atom is -0.383 e. The van der Waals surface area contributed by atoms with Gasteiger partial charge in [-0.3, -0.25) is 4.90 Å². The molecule has 1 unspecified atom stereocenters. The fraction of sp³-hybridized carbons (Fsp3) is 1.00. The van der Waals surface area contributed by atoms with Crippen molar-refractivity contribution in [1.82, 2.24) is 10.2 Å². The van der Waals surface area contributed by atoms with Gasteiger partial charge in [-0.15, -0.1) is 0 Å². The molecule has 3 heteroatoms. The van der Waals surface area contributed by atoms with E-state index in [0.29, 0.717) is 11.6 Å². The summed E-state index contributed by atoms with van der Waals surface area (Å²) < 4.78 is 5.35. The van der Waals surface area contributed by atoms with E-state index >= 15 is 0 Å². The molecule has 1 N–H and O–H groups in total. The Bertz CT molecular complexity index is 236. The first-order chi connectivity index (χ1) is 7.90. The van der Waals surface area contributed by atoms with Crippen LogP contribution in [0.5, 0.6) is 0 Å². The molecular weight excluding hydrogens is 212 g/mol. The lowest BCUT2D eigenvalue weighted by molar-refractivity contribution is -0.0395. The molecule has 1 fully saturated rings. The van der Waals surface area contributed by atoms with Crippen LogP contribution in [0.1, 0.15) is 47.5 Å². The first-order valence-corrected chi connectivity index (χ1v) is 6.91. The van der Waals surface area contributed by atoms with Crippen molar-refractivity contribution in [1.29, 1.82) is 0 Å². The van der Waals surface area contributed by atoms with E-state index in [9.17, 15) is 0 Å². The van der Waals surface area contributed by atoms with E-state index in [4.69, 9.17) is 4.74 Å². The molecule has 1 atom stereocenters. The van der Waals surface area contributed by atoms with Crippen LogP contribution in [0.2, 0.25) is 0 Å². The van der Waals surface area contributed by atoms with E-state index in [1.54, 1.807) is 7.11 Å². The Hall–Kier alpha value is -0.120. The maximum atomic E-state index is 5.35. The molecule has 0 aromatic carbocycles. The second-order valence-corrected chi connectivity index (χ2v) is 6.10. The average molecular weight is 242 g/mol. The molecule has 0 aromatic rings. The summed E-state index contributed by atoms with van der Waals surface area (Å²) in [6.45, 7) is 14.5. The van der Waals surface area contributed by atoms with Crippen molar-refractivity contribution in [3.05, 3.63) is 0 Å². The Balaban J connectivity index is 2.89. The fourth-order valence-electron chi connectivity index (χ4n) is 3.02. The second-order valence-electron chi connectivity index (χ2n) is 6.10. The zero-order chi connectivity index (χ0) is 13.1. The largest absolute Gasteiger partial charge is 0.383 e. The molecule has 3 nitrogen and oxygen atoms in total. The summed E-state index contributed by atoms with van der Waals surface area (Å²) in [6, 6.07) is 0.487. The highest BCUT2D eigenvalue weighted by Crippen LogP contribution is 2.31. The molecule has 0 radical (unpaired) electrons. The summed E-state index contributed by atoms with van der Waals surface area (Å²) in [4.78, 5) is 2.66. The molecule has 1 aliphatic rings. The van der Waals surface area contributed by atoms with Crippen LogP contribution >= 0.6 is 0 Å². The molecule has 0 bridgehead atoms. The lowest BCUT2D eigenvalue weighted by Gasteiger charge is -2.54. The molecule has 1 heterocycles. The Labute approximate surface area is 107 Å². The quantitative estimate of drug-likeness (QED) is 0.800.